The third kappa shape index (κ3) is 8.81. The Morgan fingerprint density at radius 1 is 1.00 bits per heavy atom. The molecule has 1 amide bonds. The fourth-order valence-corrected chi connectivity index (χ4v) is 5.81. The van der Waals surface area contributed by atoms with Crippen molar-refractivity contribution in [1.82, 2.24) is 9.62 Å². The first-order valence-corrected chi connectivity index (χ1v) is 14.4. The van der Waals surface area contributed by atoms with E-state index in [1.165, 1.54) is 23.5 Å². The van der Waals surface area contributed by atoms with E-state index in [-0.39, 0.29) is 43.4 Å². The highest BCUT2D eigenvalue weighted by Crippen LogP contribution is 2.23. The van der Waals surface area contributed by atoms with Gasteiger partial charge in [0.2, 0.25) is 10.0 Å². The molecule has 0 aromatic heterocycles. The van der Waals surface area contributed by atoms with Crippen LogP contribution in [0.3, 0.4) is 0 Å². The van der Waals surface area contributed by atoms with Crippen molar-refractivity contribution in [3.05, 3.63) is 90.0 Å². The number of benzene rings is 3. The van der Waals surface area contributed by atoms with Crippen LogP contribution in [0.5, 0.6) is 11.5 Å². The van der Waals surface area contributed by atoms with Crippen molar-refractivity contribution in [3.8, 4) is 11.5 Å². The van der Waals surface area contributed by atoms with Gasteiger partial charge in [-0.3, -0.25) is 4.79 Å². The second-order valence-electron chi connectivity index (χ2n) is 9.98. The monoisotopic (exact) mass is 554 g/mol. The highest BCUT2D eigenvalue weighted by Gasteiger charge is 2.33. The number of ether oxygens (including phenoxy) is 2. The molecule has 39 heavy (non-hydrogen) atoms. The van der Waals surface area contributed by atoms with Crippen LogP contribution in [-0.2, 0) is 21.2 Å². The molecular weight excluding hydrogens is 516 g/mol. The molecule has 8 nitrogen and oxygen atoms in total. The fraction of sp³-hybridized carbons (Fsp3) is 0.367. The van der Waals surface area contributed by atoms with E-state index in [2.05, 4.69) is 5.32 Å². The number of hydrogen-bond acceptors (Lipinski definition) is 6. The van der Waals surface area contributed by atoms with Gasteiger partial charge >= 0.3 is 0 Å². The summed E-state index contributed by atoms with van der Waals surface area (Å²) in [4.78, 5) is 13.0. The van der Waals surface area contributed by atoms with Crippen molar-refractivity contribution < 1.29 is 27.8 Å². The van der Waals surface area contributed by atoms with E-state index in [9.17, 15) is 18.3 Å². The van der Waals surface area contributed by atoms with Gasteiger partial charge in [-0.1, -0.05) is 62.4 Å². The van der Waals surface area contributed by atoms with Gasteiger partial charge in [0.05, 0.1) is 12.0 Å². The van der Waals surface area contributed by atoms with Crippen LogP contribution in [-0.4, -0.2) is 56.3 Å². The molecule has 210 valence electrons. The summed E-state index contributed by atoms with van der Waals surface area (Å²) in [7, 11) is -2.35. The third-order valence-corrected chi connectivity index (χ3v) is 8.08. The van der Waals surface area contributed by atoms with Crippen molar-refractivity contribution in [2.45, 2.75) is 44.2 Å². The number of para-hydroxylation sites is 1. The summed E-state index contributed by atoms with van der Waals surface area (Å²) in [6.07, 6.45) is 0.0716. The van der Waals surface area contributed by atoms with Gasteiger partial charge in [-0.2, -0.15) is 4.31 Å². The molecule has 3 rings (SSSR count). The molecule has 1 atom stereocenters. The molecule has 0 saturated heterocycles. The van der Waals surface area contributed by atoms with Crippen molar-refractivity contribution in [1.29, 1.82) is 0 Å². The molecule has 2 N–H and O–H groups in total. The van der Waals surface area contributed by atoms with E-state index in [1.807, 2.05) is 69.3 Å². The molecule has 3 aromatic rings. The highest BCUT2D eigenvalue weighted by molar-refractivity contribution is 7.89. The molecule has 0 aliphatic heterocycles. The minimum atomic E-state index is -3.87. The van der Waals surface area contributed by atoms with Gasteiger partial charge < -0.3 is 19.9 Å². The number of methoxy groups -OCH3 is 1. The van der Waals surface area contributed by atoms with Gasteiger partial charge in [0.25, 0.3) is 5.91 Å². The van der Waals surface area contributed by atoms with Crippen LogP contribution in [0.15, 0.2) is 83.8 Å². The van der Waals surface area contributed by atoms with E-state index in [1.54, 1.807) is 18.2 Å². The van der Waals surface area contributed by atoms with Crippen molar-refractivity contribution in [2.24, 2.45) is 5.92 Å². The molecule has 0 aliphatic carbocycles. The molecule has 1 unspecified atom stereocenters. The lowest BCUT2D eigenvalue weighted by molar-refractivity contribution is -0.131. The molecule has 0 spiro atoms. The van der Waals surface area contributed by atoms with E-state index < -0.39 is 21.7 Å². The number of carbonyl (C=O) groups is 1. The normalized spacial score (nSPS) is 13.2. The quantitative estimate of drug-likeness (QED) is 0.290. The number of nitrogens with zero attached hydrogens (tertiary/aromatic N) is 1. The molecule has 0 fully saturated rings. The van der Waals surface area contributed by atoms with Gasteiger partial charge in [-0.05, 0) is 54.3 Å². The second-order valence-corrected chi connectivity index (χ2v) is 11.9. The molecule has 0 saturated carbocycles. The predicted molar refractivity (Wildman–Crippen MR) is 151 cm³/mol. The number of nitrogens with one attached hydrogen (secondary N) is 1. The van der Waals surface area contributed by atoms with Crippen LogP contribution in [0.2, 0.25) is 0 Å². The van der Waals surface area contributed by atoms with E-state index in [0.717, 1.165) is 11.1 Å². The molecular formula is C30H38N2O6S. The highest BCUT2D eigenvalue weighted by atomic mass is 32.2. The van der Waals surface area contributed by atoms with Gasteiger partial charge in [-0.25, -0.2) is 8.42 Å². The van der Waals surface area contributed by atoms with Crippen LogP contribution in [0.1, 0.15) is 31.4 Å². The van der Waals surface area contributed by atoms with E-state index in [4.69, 9.17) is 9.47 Å². The Morgan fingerprint density at radius 3 is 2.26 bits per heavy atom. The van der Waals surface area contributed by atoms with Crippen molar-refractivity contribution in [3.63, 3.8) is 0 Å². The number of rotatable bonds is 14. The maximum atomic E-state index is 13.6. The van der Waals surface area contributed by atoms with Gasteiger partial charge in [0, 0.05) is 25.9 Å². The topological polar surface area (TPSA) is 105 Å². The Hall–Kier alpha value is -3.40. The summed E-state index contributed by atoms with van der Waals surface area (Å²) in [5, 5.41) is 14.3. The largest absolute Gasteiger partial charge is 0.497 e. The van der Waals surface area contributed by atoms with Crippen molar-refractivity contribution >= 4 is 15.9 Å². The second kappa shape index (κ2) is 13.6. The molecule has 9 heteroatoms. The number of aliphatic hydroxyl groups is 1. The standard InChI is InChI=1S/C30H38N2O6S/c1-23(2)21-32(39(35,36)27-16-14-26(37-4)15-17-27)19-18-30(34,20-25-11-6-5-7-12-25)31-29(33)22-38-28-13-9-8-10-24(28)3/h5-17,23,34H,18-22H2,1-4H3,(H,31,33). The van der Waals surface area contributed by atoms with Crippen LogP contribution in [0.4, 0.5) is 0 Å². The maximum Gasteiger partial charge on any atom is 0.260 e. The minimum Gasteiger partial charge on any atom is -0.497 e. The fourth-order valence-electron chi connectivity index (χ4n) is 4.21. The molecule has 0 radical (unpaired) electrons. The lowest BCUT2D eigenvalue weighted by Gasteiger charge is -2.33. The van der Waals surface area contributed by atoms with Crippen LogP contribution in [0.25, 0.3) is 0 Å². The predicted octanol–water partition coefficient (Wildman–Crippen LogP) is 4.17. The SMILES string of the molecule is COc1ccc(S(=O)(=O)N(CCC(O)(Cc2ccccc2)NC(=O)COc2ccccc2C)CC(C)C)cc1. The van der Waals surface area contributed by atoms with Gasteiger partial charge in [-0.15, -0.1) is 0 Å². The number of sulfonamides is 1. The third-order valence-electron chi connectivity index (χ3n) is 6.20. The van der Waals surface area contributed by atoms with E-state index in [0.29, 0.717) is 11.5 Å². The molecule has 0 heterocycles. The van der Waals surface area contributed by atoms with Crippen molar-refractivity contribution in [2.75, 3.05) is 26.8 Å². The first-order valence-electron chi connectivity index (χ1n) is 12.9. The van der Waals surface area contributed by atoms with Gasteiger partial charge in [0.1, 0.15) is 17.2 Å². The number of amides is 1. The summed E-state index contributed by atoms with van der Waals surface area (Å²) in [5.41, 5.74) is -0.0236. The first-order chi connectivity index (χ1) is 18.5. The zero-order chi connectivity index (χ0) is 28.5. The number of hydrogen-bond donors (Lipinski definition) is 2. The minimum absolute atomic E-state index is 0.00515. The maximum absolute atomic E-state index is 13.6. The summed E-state index contributed by atoms with van der Waals surface area (Å²) in [6.45, 7) is 5.69. The average molecular weight is 555 g/mol. The van der Waals surface area contributed by atoms with Crippen LogP contribution >= 0.6 is 0 Å². The Labute approximate surface area is 231 Å². The Kier molecular flexibility index (Phi) is 10.5. The Bertz CT molecular complexity index is 1310. The summed E-state index contributed by atoms with van der Waals surface area (Å²) < 4.78 is 39.3. The lowest BCUT2D eigenvalue weighted by atomic mass is 9.99. The Morgan fingerprint density at radius 2 is 1.64 bits per heavy atom. The van der Waals surface area contributed by atoms with Crippen LogP contribution in [0, 0.1) is 12.8 Å². The smallest absolute Gasteiger partial charge is 0.260 e. The molecule has 3 aromatic carbocycles. The number of aryl methyl sites for hydroxylation is 1. The Balaban J connectivity index is 1.80. The zero-order valence-electron chi connectivity index (χ0n) is 23.0. The molecule has 0 aliphatic rings. The van der Waals surface area contributed by atoms with E-state index >= 15 is 0 Å². The van der Waals surface area contributed by atoms with Crippen LogP contribution < -0.4 is 14.8 Å². The zero-order valence-corrected chi connectivity index (χ0v) is 23.8. The molecule has 0 bridgehead atoms. The average Bonchev–Trinajstić information content (AvgIpc) is 2.91. The summed E-state index contributed by atoms with van der Waals surface area (Å²) in [6, 6.07) is 22.8. The summed E-state index contributed by atoms with van der Waals surface area (Å²) in [5.74, 6) is 0.660. The van der Waals surface area contributed by atoms with Gasteiger partial charge in [0.15, 0.2) is 6.61 Å². The summed E-state index contributed by atoms with van der Waals surface area (Å²) >= 11 is 0. The first kappa shape index (κ1) is 30.1. The lowest BCUT2D eigenvalue weighted by Crippen LogP contribution is -2.53. The number of carbonyl (C=O) groups excluding carboxylic acids is 1.